The van der Waals surface area contributed by atoms with Gasteiger partial charge in [-0.2, -0.15) is 0 Å². The van der Waals surface area contributed by atoms with E-state index in [9.17, 15) is 14.4 Å². The summed E-state index contributed by atoms with van der Waals surface area (Å²) < 4.78 is 5.92. The number of rotatable bonds is 5. The number of thiazole rings is 1. The van der Waals surface area contributed by atoms with Gasteiger partial charge >= 0.3 is 4.87 Å². The quantitative estimate of drug-likeness (QED) is 0.344. The first-order valence-electron chi connectivity index (χ1n) is 11.3. The summed E-state index contributed by atoms with van der Waals surface area (Å²) in [6.07, 6.45) is 0. The first-order valence-corrected chi connectivity index (χ1v) is 13.4. The number of H-pyrrole nitrogens is 1. The predicted octanol–water partition coefficient (Wildman–Crippen LogP) is 5.46. The number of hydrogen-bond acceptors (Lipinski definition) is 6. The van der Waals surface area contributed by atoms with E-state index in [0.717, 1.165) is 27.3 Å². The number of imide groups is 1. The van der Waals surface area contributed by atoms with Crippen LogP contribution in [0.2, 0.25) is 5.02 Å². The van der Waals surface area contributed by atoms with Crippen molar-refractivity contribution in [2.75, 3.05) is 4.90 Å². The molecule has 3 heterocycles. The number of carbonyl (C=O) groups is 2. The van der Waals surface area contributed by atoms with Crippen molar-refractivity contribution in [3.63, 3.8) is 0 Å². The van der Waals surface area contributed by atoms with E-state index in [-0.39, 0.29) is 16.7 Å². The molecule has 4 aromatic rings. The number of benzene rings is 3. The van der Waals surface area contributed by atoms with E-state index in [0.29, 0.717) is 28.1 Å². The lowest BCUT2D eigenvalue weighted by Crippen LogP contribution is -2.32. The Hall–Kier alpha value is -3.33. The van der Waals surface area contributed by atoms with Crippen LogP contribution in [0, 0.1) is 5.92 Å². The number of anilines is 1. The average molecular weight is 535 g/mol. The Kier molecular flexibility index (Phi) is 5.95. The summed E-state index contributed by atoms with van der Waals surface area (Å²) in [6, 6.07) is 24.1. The van der Waals surface area contributed by atoms with Gasteiger partial charge in [-0.3, -0.25) is 14.4 Å². The van der Waals surface area contributed by atoms with Gasteiger partial charge in [-0.05, 0) is 47.5 Å². The zero-order valence-corrected chi connectivity index (χ0v) is 21.1. The van der Waals surface area contributed by atoms with Crippen molar-refractivity contribution >= 4 is 52.2 Å². The van der Waals surface area contributed by atoms with Crippen LogP contribution in [0.5, 0.6) is 5.75 Å². The Balaban J connectivity index is 1.34. The van der Waals surface area contributed by atoms with Gasteiger partial charge in [-0.15, -0.1) is 0 Å². The maximum atomic E-state index is 13.7. The summed E-state index contributed by atoms with van der Waals surface area (Å²) in [5.41, 5.74) is 2.41. The number of halogens is 1. The molecule has 0 unspecified atom stereocenters. The molecular weight excluding hydrogens is 516 g/mol. The summed E-state index contributed by atoms with van der Waals surface area (Å²) in [6.45, 7) is 0.442. The molecule has 0 radical (unpaired) electrons. The van der Waals surface area contributed by atoms with Gasteiger partial charge in [0.1, 0.15) is 17.6 Å². The highest BCUT2D eigenvalue weighted by Gasteiger charge is 2.56. The first-order chi connectivity index (χ1) is 17.5. The van der Waals surface area contributed by atoms with Crippen molar-refractivity contribution in [3.8, 4) is 5.75 Å². The van der Waals surface area contributed by atoms with E-state index in [4.69, 9.17) is 16.3 Å². The first kappa shape index (κ1) is 23.1. The molecule has 6 nitrogen and oxygen atoms in total. The molecule has 3 aromatic carbocycles. The van der Waals surface area contributed by atoms with E-state index in [1.165, 1.54) is 16.7 Å². The lowest BCUT2D eigenvalue weighted by molar-refractivity contribution is -0.122. The number of ether oxygens (including phenoxy) is 1. The molecular formula is C27H19ClN2O4S2. The zero-order valence-electron chi connectivity index (χ0n) is 18.7. The third kappa shape index (κ3) is 4.05. The van der Waals surface area contributed by atoms with E-state index < -0.39 is 17.1 Å². The third-order valence-corrected chi connectivity index (χ3v) is 9.05. The van der Waals surface area contributed by atoms with Crippen LogP contribution < -0.4 is 14.5 Å². The highest BCUT2D eigenvalue weighted by molar-refractivity contribution is 8.00. The van der Waals surface area contributed by atoms with Crippen LogP contribution >= 0.6 is 34.7 Å². The minimum Gasteiger partial charge on any atom is -0.489 e. The molecule has 2 aliphatic heterocycles. The molecule has 9 heteroatoms. The molecule has 2 amide bonds. The number of amides is 2. The largest absolute Gasteiger partial charge is 0.489 e. The van der Waals surface area contributed by atoms with Crippen molar-refractivity contribution in [1.29, 1.82) is 0 Å². The smallest absolute Gasteiger partial charge is 0.305 e. The molecule has 0 spiro atoms. The summed E-state index contributed by atoms with van der Waals surface area (Å²) in [5.74, 6) is -0.924. The molecule has 1 fully saturated rings. The van der Waals surface area contributed by atoms with E-state index in [1.54, 1.807) is 24.3 Å². The summed E-state index contributed by atoms with van der Waals surface area (Å²) in [7, 11) is 0. The van der Waals surface area contributed by atoms with Crippen LogP contribution in [0.1, 0.15) is 21.9 Å². The molecule has 3 atom stereocenters. The zero-order chi connectivity index (χ0) is 24.8. The van der Waals surface area contributed by atoms with Gasteiger partial charge in [0, 0.05) is 15.8 Å². The molecule has 1 aromatic heterocycles. The topological polar surface area (TPSA) is 79.5 Å². The van der Waals surface area contributed by atoms with Gasteiger partial charge in [-0.25, -0.2) is 4.90 Å². The summed E-state index contributed by atoms with van der Waals surface area (Å²) in [5, 5.41) is 0.543. The second-order valence-electron chi connectivity index (χ2n) is 8.58. The summed E-state index contributed by atoms with van der Waals surface area (Å²) >= 11 is 8.37. The molecule has 0 aliphatic carbocycles. The van der Waals surface area contributed by atoms with Crippen molar-refractivity contribution in [1.82, 2.24) is 4.98 Å². The maximum absolute atomic E-state index is 13.7. The normalized spacial score (nSPS) is 20.8. The second-order valence-corrected chi connectivity index (χ2v) is 11.2. The van der Waals surface area contributed by atoms with Crippen molar-refractivity contribution in [2.45, 2.75) is 22.8 Å². The Morgan fingerprint density at radius 1 is 0.889 bits per heavy atom. The third-order valence-electron chi connectivity index (χ3n) is 6.40. The van der Waals surface area contributed by atoms with Crippen molar-refractivity contribution in [2.24, 2.45) is 5.92 Å². The standard InChI is InChI=1S/C27H19ClN2O4S2/c28-17-8-10-18(11-9-17)30-25(31)21-20(22-24(29-27(33)36-22)35-23(21)26(30)32)16-6-12-19(13-7-16)34-14-15-4-2-1-3-5-15/h1-13,20-21,23H,14H2,(H,29,33)/t20-,21-,23+/m0/s1. The number of nitrogens with one attached hydrogen (secondary N) is 1. The Labute approximate surface area is 219 Å². The van der Waals surface area contributed by atoms with E-state index >= 15 is 0 Å². The lowest BCUT2D eigenvalue weighted by Gasteiger charge is -2.29. The molecule has 6 rings (SSSR count). The number of nitrogens with zero attached hydrogens (tertiary/aromatic N) is 1. The molecule has 1 saturated heterocycles. The Morgan fingerprint density at radius 3 is 2.33 bits per heavy atom. The van der Waals surface area contributed by atoms with Crippen LogP contribution in [0.4, 0.5) is 5.69 Å². The monoisotopic (exact) mass is 534 g/mol. The molecule has 2 aliphatic rings. The molecule has 0 bridgehead atoms. The maximum Gasteiger partial charge on any atom is 0.305 e. The number of hydrogen-bond donors (Lipinski definition) is 1. The van der Waals surface area contributed by atoms with Crippen LogP contribution in [-0.4, -0.2) is 22.0 Å². The summed E-state index contributed by atoms with van der Waals surface area (Å²) in [4.78, 5) is 44.1. The fourth-order valence-corrected chi connectivity index (χ4v) is 7.37. The van der Waals surface area contributed by atoms with Crippen LogP contribution in [0.3, 0.4) is 0 Å². The van der Waals surface area contributed by atoms with Gasteiger partial charge in [-0.1, -0.05) is 77.2 Å². The molecule has 180 valence electrons. The number of aromatic amines is 1. The van der Waals surface area contributed by atoms with Gasteiger partial charge in [0.25, 0.3) is 0 Å². The highest BCUT2D eigenvalue weighted by Crippen LogP contribution is 2.53. The SMILES string of the molecule is O=C1[C@H]2[C@H](c3ccc(OCc4ccccc4)cc3)c3sc(=O)[nH]c3S[C@H]2C(=O)N1c1ccc(Cl)cc1. The van der Waals surface area contributed by atoms with Crippen LogP contribution in [0.25, 0.3) is 0 Å². The molecule has 36 heavy (non-hydrogen) atoms. The van der Waals surface area contributed by atoms with E-state index in [2.05, 4.69) is 4.98 Å². The van der Waals surface area contributed by atoms with Crippen molar-refractivity contribution < 1.29 is 14.3 Å². The molecule has 1 N–H and O–H groups in total. The van der Waals surface area contributed by atoms with Gasteiger partial charge < -0.3 is 9.72 Å². The highest BCUT2D eigenvalue weighted by atomic mass is 35.5. The van der Waals surface area contributed by atoms with Gasteiger partial charge in [0.2, 0.25) is 11.8 Å². The lowest BCUT2D eigenvalue weighted by atomic mass is 9.83. The predicted molar refractivity (Wildman–Crippen MR) is 141 cm³/mol. The fourth-order valence-electron chi connectivity index (χ4n) is 4.73. The number of carbonyl (C=O) groups excluding carboxylic acids is 2. The number of fused-ring (bicyclic) bond motifs is 2. The average Bonchev–Trinajstić information content (AvgIpc) is 3.39. The number of aromatic nitrogens is 1. The van der Waals surface area contributed by atoms with Crippen molar-refractivity contribution in [3.05, 3.63) is 110 Å². The fraction of sp³-hybridized carbons (Fsp3) is 0.148. The van der Waals surface area contributed by atoms with Gasteiger partial charge in [0.15, 0.2) is 0 Å². The van der Waals surface area contributed by atoms with Crippen LogP contribution in [-0.2, 0) is 16.2 Å². The van der Waals surface area contributed by atoms with E-state index in [1.807, 2.05) is 54.6 Å². The van der Waals surface area contributed by atoms with Crippen LogP contribution in [0.15, 0.2) is 88.7 Å². The minimum absolute atomic E-state index is 0.199. The van der Waals surface area contributed by atoms with Gasteiger partial charge in [0.05, 0.1) is 16.6 Å². The minimum atomic E-state index is -0.634. The Bertz CT molecular complexity index is 1500. The second kappa shape index (κ2) is 9.28. The number of thioether (sulfide) groups is 1. The Morgan fingerprint density at radius 2 is 1.61 bits per heavy atom. The molecule has 0 saturated carbocycles.